The van der Waals surface area contributed by atoms with Gasteiger partial charge in [0.2, 0.25) is 0 Å². The molecule has 1 N–H and O–H groups in total. The van der Waals surface area contributed by atoms with Gasteiger partial charge in [0.15, 0.2) is 0 Å². The van der Waals surface area contributed by atoms with Crippen LogP contribution in [0.15, 0.2) is 77.7 Å². The van der Waals surface area contributed by atoms with Gasteiger partial charge in [-0.25, -0.2) is 4.68 Å². The van der Waals surface area contributed by atoms with Crippen molar-refractivity contribution < 1.29 is 18.4 Å². The van der Waals surface area contributed by atoms with E-state index in [0.717, 1.165) is 60.7 Å². The maximum absolute atomic E-state index is 6.26. The monoisotopic (exact) mass is 693 g/mol. The fourth-order valence-corrected chi connectivity index (χ4v) is 5.91. The van der Waals surface area contributed by atoms with Crippen LogP contribution < -0.4 is 19.5 Å². The molecule has 0 saturated heterocycles. The summed E-state index contributed by atoms with van der Waals surface area (Å²) >= 11 is 3.74. The molecular formula is C34H40BrN5O4S. The van der Waals surface area contributed by atoms with Crippen LogP contribution in [-0.2, 0) is 10.7 Å². The zero-order valence-corrected chi connectivity index (χ0v) is 29.2. The summed E-state index contributed by atoms with van der Waals surface area (Å²) in [7, 11) is 2.07. The first-order valence-electron chi connectivity index (χ1n) is 14.5. The van der Waals surface area contributed by atoms with E-state index in [-0.39, 0.29) is 4.75 Å². The number of hydrogen-bond donors (Lipinski definition) is 1. The lowest BCUT2D eigenvalue weighted by Crippen LogP contribution is -2.26. The number of halogens is 1. The Morgan fingerprint density at radius 3 is 2.49 bits per heavy atom. The van der Waals surface area contributed by atoms with E-state index in [0.29, 0.717) is 19.8 Å². The number of hydrogen-bond acceptors (Lipinski definition) is 8. The van der Waals surface area contributed by atoms with E-state index >= 15 is 0 Å². The minimum Gasteiger partial charge on any atom is -0.497 e. The zero-order valence-electron chi connectivity index (χ0n) is 26.8. The predicted octanol–water partition coefficient (Wildman–Crippen LogP) is 8.05. The summed E-state index contributed by atoms with van der Waals surface area (Å²) in [6.07, 6.45) is 9.81. The Balaban J connectivity index is 1.40. The van der Waals surface area contributed by atoms with Gasteiger partial charge in [-0.05, 0) is 70.4 Å². The van der Waals surface area contributed by atoms with Crippen molar-refractivity contribution in [3.63, 3.8) is 0 Å². The molecule has 11 heteroatoms. The van der Waals surface area contributed by atoms with E-state index in [1.807, 2.05) is 47.3 Å². The Kier molecular flexibility index (Phi) is 9.91. The molecule has 3 aromatic carbocycles. The molecule has 0 unspecified atom stereocenters. The molecule has 45 heavy (non-hydrogen) atoms. The van der Waals surface area contributed by atoms with Gasteiger partial charge in [0.25, 0.3) is 0 Å². The van der Waals surface area contributed by atoms with Gasteiger partial charge in [-0.3, -0.25) is 0 Å². The van der Waals surface area contributed by atoms with Crippen LogP contribution in [0, 0.1) is 0 Å². The maximum Gasteiger partial charge on any atom is 0.135 e. The van der Waals surface area contributed by atoms with Crippen molar-refractivity contribution in [3.05, 3.63) is 83.2 Å². The zero-order chi connectivity index (χ0) is 32.2. The first-order chi connectivity index (χ1) is 21.5. The molecule has 2 heterocycles. The molecule has 0 aliphatic carbocycles. The van der Waals surface area contributed by atoms with E-state index in [2.05, 4.69) is 88.0 Å². The summed E-state index contributed by atoms with van der Waals surface area (Å²) < 4.78 is 26.1. The van der Waals surface area contributed by atoms with Crippen LogP contribution in [-0.4, -0.2) is 64.7 Å². The Hall–Kier alpha value is -3.80. The fourth-order valence-electron chi connectivity index (χ4n) is 4.61. The smallest absolute Gasteiger partial charge is 0.135 e. The van der Waals surface area contributed by atoms with Gasteiger partial charge in [0, 0.05) is 52.3 Å². The highest BCUT2D eigenvalue weighted by Crippen LogP contribution is 2.53. The average molecular weight is 695 g/mol. The van der Waals surface area contributed by atoms with E-state index in [4.69, 9.17) is 18.4 Å². The maximum atomic E-state index is 6.26. The third kappa shape index (κ3) is 7.37. The first-order valence-corrected chi connectivity index (χ1v) is 17.7. The third-order valence-electron chi connectivity index (χ3n) is 7.91. The van der Waals surface area contributed by atoms with Crippen molar-refractivity contribution in [3.8, 4) is 34.1 Å². The summed E-state index contributed by atoms with van der Waals surface area (Å²) in [5.41, 5.74) is 5.47. The minimum absolute atomic E-state index is 0.0909. The molecular weight excluding hydrogens is 654 g/mol. The van der Waals surface area contributed by atoms with Crippen LogP contribution >= 0.6 is 26.2 Å². The highest BCUT2D eigenvalue weighted by atomic mass is 79.9. The number of fused-ring (bicyclic) bond motifs is 1. The molecule has 0 atom stereocenters. The summed E-state index contributed by atoms with van der Waals surface area (Å²) in [5, 5.41) is 17.7. The molecule has 2 aromatic heterocycles. The van der Waals surface area contributed by atoms with E-state index in [9.17, 15) is 0 Å². The number of nitrogens with one attached hydrogen (secondary N) is 1. The van der Waals surface area contributed by atoms with Crippen molar-refractivity contribution in [1.29, 1.82) is 0 Å². The topological polar surface area (TPSA) is 92.6 Å². The molecule has 0 radical (unpaired) electrons. The van der Waals surface area contributed by atoms with Gasteiger partial charge in [0.05, 0.1) is 48.4 Å². The predicted molar refractivity (Wildman–Crippen MR) is 187 cm³/mol. The van der Waals surface area contributed by atoms with E-state index in [1.165, 1.54) is 0 Å². The van der Waals surface area contributed by atoms with Crippen LogP contribution in [0.3, 0.4) is 0 Å². The normalized spacial score (nSPS) is 12.3. The number of benzene rings is 3. The first kappa shape index (κ1) is 32.6. The lowest BCUT2D eigenvalue weighted by Gasteiger charge is -2.43. The Morgan fingerprint density at radius 2 is 1.78 bits per heavy atom. The van der Waals surface area contributed by atoms with Crippen LogP contribution in [0.25, 0.3) is 27.7 Å². The quantitative estimate of drug-likeness (QED) is 0.131. The number of aromatic nitrogens is 4. The standard InChI is InChI=1S/C34H40BrN5O4S/c1-34(2,3)45(6,7)44-16-15-43-33-20-31(40-14-8-13-38-40)27(19-28(33)35)23-10-12-26-29(17-23)39-37-22-30(26)36-21-24-9-11-25(41-4)18-32(24)42-5/h8-14,17-20,22H,15-16,21H2,1-7H3,(H,36,39). The summed E-state index contributed by atoms with van der Waals surface area (Å²) in [6.45, 7) is 8.13. The number of anilines is 1. The van der Waals surface area contributed by atoms with E-state index < -0.39 is 10.3 Å². The highest BCUT2D eigenvalue weighted by molar-refractivity contribution is 9.10. The molecule has 0 bridgehead atoms. The Labute approximate surface area is 274 Å². The molecule has 9 nitrogen and oxygen atoms in total. The number of rotatable bonds is 12. The van der Waals surface area contributed by atoms with Gasteiger partial charge in [-0.1, -0.05) is 26.8 Å². The van der Waals surface area contributed by atoms with Gasteiger partial charge in [-0.15, -0.1) is 10.3 Å². The Morgan fingerprint density at radius 1 is 0.956 bits per heavy atom. The largest absolute Gasteiger partial charge is 0.497 e. The molecule has 0 saturated carbocycles. The summed E-state index contributed by atoms with van der Waals surface area (Å²) in [4.78, 5) is 0. The molecule has 0 aliphatic rings. The van der Waals surface area contributed by atoms with Gasteiger partial charge < -0.3 is 23.7 Å². The summed E-state index contributed by atoms with van der Waals surface area (Å²) in [5.74, 6) is 2.22. The van der Waals surface area contributed by atoms with Gasteiger partial charge in [-0.2, -0.15) is 15.3 Å². The second kappa shape index (κ2) is 13.7. The van der Waals surface area contributed by atoms with E-state index in [1.54, 1.807) is 26.6 Å². The van der Waals surface area contributed by atoms with Crippen molar-refractivity contribution >= 4 is 42.8 Å². The number of methoxy groups -OCH3 is 2. The van der Waals surface area contributed by atoms with Crippen molar-refractivity contribution in [2.24, 2.45) is 0 Å². The Bertz CT molecular complexity index is 1770. The number of nitrogens with zero attached hydrogens (tertiary/aromatic N) is 4. The minimum atomic E-state index is -1.23. The third-order valence-corrected chi connectivity index (χ3v) is 12.2. The molecule has 238 valence electrons. The molecule has 5 aromatic rings. The van der Waals surface area contributed by atoms with Crippen LogP contribution in [0.4, 0.5) is 5.69 Å². The summed E-state index contributed by atoms with van der Waals surface area (Å²) in [6, 6.07) is 17.9. The molecule has 5 rings (SSSR count). The van der Waals surface area contributed by atoms with Gasteiger partial charge >= 0.3 is 0 Å². The van der Waals surface area contributed by atoms with Crippen LogP contribution in [0.5, 0.6) is 17.2 Å². The van der Waals surface area contributed by atoms with Crippen molar-refractivity contribution in [2.75, 3.05) is 45.3 Å². The lowest BCUT2D eigenvalue weighted by atomic mass is 10.0. The average Bonchev–Trinajstić information content (AvgIpc) is 3.56. The molecule has 0 aliphatic heterocycles. The second-order valence-electron chi connectivity index (χ2n) is 11.8. The van der Waals surface area contributed by atoms with Crippen LogP contribution in [0.1, 0.15) is 26.3 Å². The SMILES string of the molecule is COc1ccc(CNc2cnnc3cc(-c4cc(Br)c(OCCOS(C)(C)C(C)(C)C)cc4-n4cccn4)ccc23)c(OC)c1. The van der Waals surface area contributed by atoms with Crippen LogP contribution in [0.2, 0.25) is 0 Å². The molecule has 0 fully saturated rings. The lowest BCUT2D eigenvalue weighted by molar-refractivity contribution is 0.230. The van der Waals surface area contributed by atoms with Crippen molar-refractivity contribution in [1.82, 2.24) is 20.0 Å². The van der Waals surface area contributed by atoms with Gasteiger partial charge in [0.1, 0.15) is 23.9 Å². The number of ether oxygens (including phenoxy) is 3. The molecule has 0 spiro atoms. The fraction of sp³-hybridized carbons (Fsp3) is 0.324. The van der Waals surface area contributed by atoms with Crippen molar-refractivity contribution in [2.45, 2.75) is 32.1 Å². The highest BCUT2D eigenvalue weighted by Gasteiger charge is 2.28. The molecule has 0 amide bonds. The second-order valence-corrected chi connectivity index (χ2v) is 16.6.